The number of unbranched alkanes of at least 4 members (excludes halogenated alkanes) is 49. The van der Waals surface area contributed by atoms with Crippen LogP contribution in [0, 0.1) is 5.92 Å². The van der Waals surface area contributed by atoms with Crippen LogP contribution in [0.1, 0.15) is 407 Å². The van der Waals surface area contributed by atoms with Crippen LogP contribution in [0.3, 0.4) is 0 Å². The maximum atomic E-state index is 13.1. The Morgan fingerprint density at radius 2 is 0.479 bits per heavy atom. The summed E-state index contributed by atoms with van der Waals surface area (Å²) >= 11 is 0. The highest BCUT2D eigenvalue weighted by molar-refractivity contribution is 7.47. The molecule has 0 saturated carbocycles. The smallest absolute Gasteiger partial charge is 0.462 e. The van der Waals surface area contributed by atoms with Crippen molar-refractivity contribution in [2.24, 2.45) is 5.92 Å². The molecule has 0 heterocycles. The molecule has 0 aliphatic rings. The second kappa shape index (κ2) is 70.1. The summed E-state index contributed by atoms with van der Waals surface area (Å²) in [5.74, 6) is -1.42. The van der Waals surface area contributed by atoms with Crippen molar-refractivity contribution >= 4 is 39.5 Å². The highest BCUT2D eigenvalue weighted by Crippen LogP contribution is 2.45. The number of phosphoric acid groups is 2. The zero-order valence-corrected chi connectivity index (χ0v) is 64.3. The molecule has 96 heavy (non-hydrogen) atoms. The van der Waals surface area contributed by atoms with Gasteiger partial charge in [-0.25, -0.2) is 9.13 Å². The Bertz CT molecular complexity index is 1840. The largest absolute Gasteiger partial charge is 0.472 e. The molecule has 570 valence electrons. The van der Waals surface area contributed by atoms with E-state index in [1.165, 1.54) is 231 Å². The molecule has 0 radical (unpaired) electrons. The number of carbonyl (C=O) groups is 4. The quantitative estimate of drug-likeness (QED) is 0.0222. The molecular weight excluding hydrogens is 1260 g/mol. The lowest BCUT2D eigenvalue weighted by atomic mass is 10.0. The molecule has 17 nitrogen and oxygen atoms in total. The Hall–Kier alpha value is -1.94. The number of ether oxygens (including phenoxy) is 4. The highest BCUT2D eigenvalue weighted by Gasteiger charge is 2.30. The predicted molar refractivity (Wildman–Crippen MR) is 391 cm³/mol. The highest BCUT2D eigenvalue weighted by atomic mass is 31.2. The van der Waals surface area contributed by atoms with Crippen LogP contribution in [0.4, 0.5) is 0 Å². The molecule has 0 amide bonds. The fourth-order valence-corrected chi connectivity index (χ4v) is 13.5. The van der Waals surface area contributed by atoms with Gasteiger partial charge in [0.15, 0.2) is 12.2 Å². The van der Waals surface area contributed by atoms with Gasteiger partial charge in [-0.2, -0.15) is 0 Å². The molecule has 0 aliphatic heterocycles. The van der Waals surface area contributed by atoms with Gasteiger partial charge in [-0.1, -0.05) is 356 Å². The fraction of sp³-hybridized carbons (Fsp3) is 0.948. The monoisotopic (exact) mass is 1410 g/mol. The number of rotatable bonds is 77. The lowest BCUT2D eigenvalue weighted by Gasteiger charge is -2.21. The topological polar surface area (TPSA) is 237 Å². The summed E-state index contributed by atoms with van der Waals surface area (Å²) in [5, 5.41) is 10.6. The average Bonchev–Trinajstić information content (AvgIpc) is 1.18. The maximum Gasteiger partial charge on any atom is 0.472 e. The molecule has 0 saturated heterocycles. The van der Waals surface area contributed by atoms with E-state index in [1.807, 2.05) is 0 Å². The number of hydrogen-bond donors (Lipinski definition) is 3. The lowest BCUT2D eigenvalue weighted by molar-refractivity contribution is -0.161. The van der Waals surface area contributed by atoms with Crippen molar-refractivity contribution in [2.45, 2.75) is 425 Å². The van der Waals surface area contributed by atoms with Crippen molar-refractivity contribution in [1.29, 1.82) is 0 Å². The van der Waals surface area contributed by atoms with Crippen molar-refractivity contribution in [3.05, 3.63) is 0 Å². The number of aliphatic hydroxyl groups excluding tert-OH is 1. The van der Waals surface area contributed by atoms with Gasteiger partial charge in [0.2, 0.25) is 0 Å². The second-order valence-electron chi connectivity index (χ2n) is 28.2. The van der Waals surface area contributed by atoms with Gasteiger partial charge in [-0.15, -0.1) is 0 Å². The normalized spacial score (nSPS) is 13.9. The predicted octanol–water partition coefficient (Wildman–Crippen LogP) is 22.9. The summed E-state index contributed by atoms with van der Waals surface area (Å²) in [6, 6.07) is 0. The van der Waals surface area contributed by atoms with Gasteiger partial charge in [0.05, 0.1) is 26.4 Å². The Kier molecular flexibility index (Phi) is 68.7. The molecule has 0 rings (SSSR count). The Morgan fingerprint density at radius 1 is 0.281 bits per heavy atom. The molecule has 0 aliphatic carbocycles. The summed E-state index contributed by atoms with van der Waals surface area (Å²) in [5.41, 5.74) is 0. The van der Waals surface area contributed by atoms with E-state index in [2.05, 4.69) is 34.6 Å². The zero-order valence-electron chi connectivity index (χ0n) is 62.5. The summed E-state index contributed by atoms with van der Waals surface area (Å²) < 4.78 is 68.5. The van der Waals surface area contributed by atoms with Crippen molar-refractivity contribution < 1.29 is 80.2 Å². The van der Waals surface area contributed by atoms with Gasteiger partial charge < -0.3 is 33.8 Å². The van der Waals surface area contributed by atoms with Gasteiger partial charge in [0, 0.05) is 25.7 Å². The van der Waals surface area contributed by atoms with Crippen LogP contribution in [-0.4, -0.2) is 96.7 Å². The molecule has 0 aromatic rings. The summed E-state index contributed by atoms with van der Waals surface area (Å²) in [6.45, 7) is 7.23. The van der Waals surface area contributed by atoms with E-state index in [1.54, 1.807) is 0 Å². The number of carbonyl (C=O) groups excluding carboxylic acids is 4. The van der Waals surface area contributed by atoms with E-state index in [-0.39, 0.29) is 25.7 Å². The molecule has 5 atom stereocenters. The van der Waals surface area contributed by atoms with E-state index in [0.717, 1.165) is 89.9 Å². The van der Waals surface area contributed by atoms with Gasteiger partial charge in [-0.05, 0) is 31.6 Å². The van der Waals surface area contributed by atoms with Crippen LogP contribution in [0.2, 0.25) is 0 Å². The fourth-order valence-electron chi connectivity index (χ4n) is 11.9. The minimum atomic E-state index is -4.96. The summed E-state index contributed by atoms with van der Waals surface area (Å²) in [4.78, 5) is 72.8. The van der Waals surface area contributed by atoms with Crippen LogP contribution in [-0.2, 0) is 65.4 Å². The van der Waals surface area contributed by atoms with Crippen LogP contribution < -0.4 is 0 Å². The first-order valence-electron chi connectivity index (χ1n) is 40.1. The first kappa shape index (κ1) is 94.1. The molecule has 3 N–H and O–H groups in total. The van der Waals surface area contributed by atoms with Crippen LogP contribution >= 0.6 is 15.6 Å². The number of phosphoric ester groups is 2. The number of hydrogen-bond acceptors (Lipinski definition) is 15. The van der Waals surface area contributed by atoms with E-state index in [4.69, 9.17) is 37.0 Å². The molecular formula is C77H150O17P2. The van der Waals surface area contributed by atoms with E-state index in [0.29, 0.717) is 31.6 Å². The van der Waals surface area contributed by atoms with E-state index >= 15 is 0 Å². The minimum absolute atomic E-state index is 0.104. The summed E-state index contributed by atoms with van der Waals surface area (Å²) in [6.07, 6.45) is 59.8. The molecule has 19 heteroatoms. The van der Waals surface area contributed by atoms with E-state index in [9.17, 15) is 43.2 Å². The standard InChI is InChI=1S/C77H150O17P2/c1-6-9-12-15-18-21-24-26-28-30-31-33-35-37-39-42-47-52-57-62-76(81)93-72(66-88-75(80)61-56-51-46-41-38-36-34-32-29-27-25-22-19-16-13-10-7-2)68-91-95(83,84)89-64-71(78)65-90-96(85,86)92-69-73(94-77(82)63-58-53-48-43-44-49-54-59-70(4)5)67-87-74(79)60-55-50-45-40-23-20-17-14-11-8-3/h70-73,78H,6-69H2,1-5H3,(H,83,84)(H,85,86)/t71-,72-,73-/m1/s1. The average molecular weight is 1410 g/mol. The summed E-state index contributed by atoms with van der Waals surface area (Å²) in [7, 11) is -9.91. The van der Waals surface area contributed by atoms with Crippen LogP contribution in [0.25, 0.3) is 0 Å². The van der Waals surface area contributed by atoms with Gasteiger partial charge in [0.25, 0.3) is 0 Å². The third-order valence-electron chi connectivity index (χ3n) is 18.0. The van der Waals surface area contributed by atoms with Gasteiger partial charge in [0.1, 0.15) is 19.3 Å². The van der Waals surface area contributed by atoms with E-state index < -0.39 is 97.5 Å². The van der Waals surface area contributed by atoms with Crippen molar-refractivity contribution in [1.82, 2.24) is 0 Å². The van der Waals surface area contributed by atoms with Gasteiger partial charge >= 0.3 is 39.5 Å². The molecule has 0 fully saturated rings. The molecule has 0 bridgehead atoms. The Balaban J connectivity index is 5.20. The molecule has 2 unspecified atom stereocenters. The Labute approximate surface area is 588 Å². The number of esters is 4. The van der Waals surface area contributed by atoms with Crippen molar-refractivity contribution in [3.63, 3.8) is 0 Å². The SMILES string of the molecule is CCCCCCCCCCCCCCCCCCCCCC(=O)O[C@H](COC(=O)CCCCCCCCCCCCCCCCCCC)COP(=O)(O)OC[C@@H](O)COP(=O)(O)OC[C@@H](COC(=O)CCCCCCCCCCCC)OC(=O)CCCCCCCCCC(C)C. The van der Waals surface area contributed by atoms with Crippen molar-refractivity contribution in [2.75, 3.05) is 39.6 Å². The van der Waals surface area contributed by atoms with Crippen molar-refractivity contribution in [3.8, 4) is 0 Å². The van der Waals surface area contributed by atoms with Crippen LogP contribution in [0.15, 0.2) is 0 Å². The third-order valence-corrected chi connectivity index (χ3v) is 19.9. The Morgan fingerprint density at radius 3 is 0.708 bits per heavy atom. The van der Waals surface area contributed by atoms with Crippen LogP contribution in [0.5, 0.6) is 0 Å². The molecule has 0 aromatic carbocycles. The third kappa shape index (κ3) is 70.5. The maximum absolute atomic E-state index is 13.1. The first-order valence-corrected chi connectivity index (χ1v) is 43.1. The molecule has 0 aromatic heterocycles. The minimum Gasteiger partial charge on any atom is -0.462 e. The van der Waals surface area contributed by atoms with Gasteiger partial charge in [-0.3, -0.25) is 37.3 Å². The first-order chi connectivity index (χ1) is 46.5. The zero-order chi connectivity index (χ0) is 70.5. The second-order valence-corrected chi connectivity index (χ2v) is 31.1. The lowest BCUT2D eigenvalue weighted by Crippen LogP contribution is -2.30. The number of aliphatic hydroxyl groups is 1. The molecule has 0 spiro atoms.